The number of aromatic carboxylic acids is 1. The van der Waals surface area contributed by atoms with Crippen LogP contribution in [0.1, 0.15) is 62.2 Å². The number of carbonyl (C=O) groups excluding carboxylic acids is 4. The number of urea groups is 1. The van der Waals surface area contributed by atoms with Crippen LogP contribution in [0.15, 0.2) is 58.5 Å². The second-order valence-corrected chi connectivity index (χ2v) is 17.4. The zero-order valence-electron chi connectivity index (χ0n) is 35.5. The standard InChI is InChI=1S/C21H23ClFNO5.C14H10F4N4O7S.C3H8NO5P/c1-2-3-6-9-28-19(25)12-29-18-11-17(16(23)10-15(18)22)24-20(26)13-7-4-5-8-14(13)21(24)27;15-11(16)28-8-5-9(29-12(17)18)20-13(19-8)21-14(25)22-30(26,27)7-4-2-1-3-6(7)10(23)24;5-3(6)1-4-2-10(7,8)9/h10-11H,2-9,12H2,1H3;1-5,11-12H,(H,23,24)(H2,19,20,21,22,25);4H,1-2H2,(H,5,6)(H2,7,8,9). The summed E-state index contributed by atoms with van der Waals surface area (Å²) in [5.41, 5.74) is 0.0292. The van der Waals surface area contributed by atoms with Gasteiger partial charge in [-0.15, -0.1) is 0 Å². The van der Waals surface area contributed by atoms with Crippen molar-refractivity contribution in [3.05, 3.63) is 70.0 Å². The number of ether oxygens (including phenoxy) is 4. The molecule has 31 heteroatoms. The van der Waals surface area contributed by atoms with Crippen molar-refractivity contribution in [3.8, 4) is 17.5 Å². The van der Waals surface area contributed by atoms with E-state index in [4.69, 9.17) is 41.1 Å². The smallest absolute Gasteiger partial charge is 0.388 e. The van der Waals surface area contributed by atoms with E-state index in [-0.39, 0.29) is 16.5 Å². The van der Waals surface area contributed by atoms with E-state index in [1.165, 1.54) is 22.9 Å². The number of aliphatic carboxylic acids is 1. The van der Waals surface area contributed by atoms with Crippen LogP contribution in [-0.4, -0.2) is 113 Å². The molecule has 0 saturated carbocycles. The van der Waals surface area contributed by atoms with Gasteiger partial charge in [-0.3, -0.25) is 29.6 Å². The van der Waals surface area contributed by atoms with Gasteiger partial charge in [-0.1, -0.05) is 43.5 Å². The SMILES string of the molecule is CCCCCOC(=O)COc1cc(N2C(=O)C3=C(CCCC3)C2=O)c(F)cc1Cl.O=C(Nc1nc(OC(F)F)cc(OC(F)F)n1)NS(=O)(=O)c1ccccc1C(=O)O.O=C(O)CNCP(=O)(O)O. The fraction of sp³-hybridized carbons (Fsp3) is 0.368. The second-order valence-electron chi connectivity index (χ2n) is 13.7. The molecule has 1 aliphatic carbocycles. The van der Waals surface area contributed by atoms with Gasteiger partial charge in [-0.25, -0.2) is 36.8 Å². The Bertz CT molecular complexity index is 2520. The summed E-state index contributed by atoms with van der Waals surface area (Å²) in [6.07, 6.45) is 4.80. The van der Waals surface area contributed by atoms with Crippen LogP contribution < -0.4 is 34.5 Å². The van der Waals surface area contributed by atoms with Gasteiger partial charge in [0.15, 0.2) is 6.61 Å². The van der Waals surface area contributed by atoms with Gasteiger partial charge in [-0.2, -0.15) is 27.5 Å². The van der Waals surface area contributed by atoms with Crippen LogP contribution in [0.4, 0.5) is 38.4 Å². The van der Waals surface area contributed by atoms with E-state index in [9.17, 15) is 63.7 Å². The number of rotatable bonds is 20. The predicted octanol–water partition coefficient (Wildman–Crippen LogP) is 5.02. The Hall–Kier alpha value is -6.52. The quantitative estimate of drug-likeness (QED) is 0.0257. The highest BCUT2D eigenvalue weighted by molar-refractivity contribution is 7.90. The number of amides is 4. The lowest BCUT2D eigenvalue weighted by Crippen LogP contribution is -2.35. The summed E-state index contributed by atoms with van der Waals surface area (Å²) in [4.78, 5) is 93.0. The van der Waals surface area contributed by atoms with Gasteiger partial charge in [0.2, 0.25) is 17.7 Å². The zero-order valence-corrected chi connectivity index (χ0v) is 38.0. The molecule has 3 aromatic rings. The minimum atomic E-state index is -4.71. The molecule has 0 radical (unpaired) electrons. The molecule has 69 heavy (non-hydrogen) atoms. The molecule has 0 unspecified atom stereocenters. The van der Waals surface area contributed by atoms with Crippen molar-refractivity contribution in [1.82, 2.24) is 20.0 Å². The molecule has 2 aliphatic rings. The summed E-state index contributed by atoms with van der Waals surface area (Å²) in [5.74, 6) is -8.00. The number of carboxylic acid groups (broad SMARTS) is 2. The first-order valence-corrected chi connectivity index (χ1v) is 23.3. The van der Waals surface area contributed by atoms with Crippen LogP contribution in [0.3, 0.4) is 0 Å². The molecule has 1 aliphatic heterocycles. The lowest BCUT2D eigenvalue weighted by atomic mass is 9.93. The van der Waals surface area contributed by atoms with E-state index >= 15 is 0 Å². The van der Waals surface area contributed by atoms with Crippen LogP contribution >= 0.6 is 19.2 Å². The summed E-state index contributed by atoms with van der Waals surface area (Å²) >= 11 is 6.02. The van der Waals surface area contributed by atoms with E-state index in [2.05, 4.69) is 24.8 Å². The number of hydrogen-bond acceptors (Lipinski definition) is 16. The van der Waals surface area contributed by atoms with E-state index < -0.39 is 120 Å². The van der Waals surface area contributed by atoms with Crippen LogP contribution in [0.25, 0.3) is 0 Å². The largest absolute Gasteiger partial charge is 0.480 e. The summed E-state index contributed by atoms with van der Waals surface area (Å²) < 4.78 is 118. The summed E-state index contributed by atoms with van der Waals surface area (Å²) in [5, 5.41) is 20.7. The number of nitrogens with zero attached hydrogens (tertiary/aromatic N) is 3. The van der Waals surface area contributed by atoms with Crippen LogP contribution in [0.5, 0.6) is 17.5 Å². The first kappa shape index (κ1) is 56.8. The number of halogens is 6. The van der Waals surface area contributed by atoms with Crippen LogP contribution in [0.2, 0.25) is 5.02 Å². The molecule has 7 N–H and O–H groups in total. The fourth-order valence-corrected chi connectivity index (χ4v) is 7.44. The molecule has 0 bridgehead atoms. The van der Waals surface area contributed by atoms with Gasteiger partial charge in [0.1, 0.15) is 16.5 Å². The topological polar surface area (TPSA) is 337 Å². The number of unbranched alkanes of at least 4 members (excludes halogenated alkanes) is 2. The number of esters is 1. The third-order valence-electron chi connectivity index (χ3n) is 8.54. The maximum atomic E-state index is 14.5. The summed E-state index contributed by atoms with van der Waals surface area (Å²) in [6.45, 7) is -5.32. The lowest BCUT2D eigenvalue weighted by Gasteiger charge is -2.18. The van der Waals surface area contributed by atoms with E-state index in [0.717, 1.165) is 55.2 Å². The van der Waals surface area contributed by atoms with Gasteiger partial charge in [0.25, 0.3) is 21.8 Å². The predicted molar refractivity (Wildman–Crippen MR) is 226 cm³/mol. The third kappa shape index (κ3) is 18.5. The van der Waals surface area contributed by atoms with Crippen molar-refractivity contribution >= 4 is 76.6 Å². The van der Waals surface area contributed by atoms with E-state index in [1.807, 2.05) is 6.92 Å². The van der Waals surface area contributed by atoms with Gasteiger partial charge >= 0.3 is 44.8 Å². The molecule has 378 valence electrons. The number of nitrogens with one attached hydrogen (secondary N) is 3. The van der Waals surface area contributed by atoms with Gasteiger partial charge in [0.05, 0.1) is 41.8 Å². The Morgan fingerprint density at radius 2 is 1.49 bits per heavy atom. The highest BCUT2D eigenvalue weighted by Crippen LogP contribution is 2.39. The Labute approximate surface area is 392 Å². The van der Waals surface area contributed by atoms with Crippen molar-refractivity contribution in [2.24, 2.45) is 0 Å². The number of alkyl halides is 4. The first-order chi connectivity index (χ1) is 32.3. The van der Waals surface area contributed by atoms with Crippen molar-refractivity contribution in [2.45, 2.75) is 70.0 Å². The highest BCUT2D eigenvalue weighted by atomic mass is 35.5. The van der Waals surface area contributed by atoms with Gasteiger partial charge in [-0.05, 0) is 50.3 Å². The number of hydrogen-bond donors (Lipinski definition) is 7. The molecule has 0 spiro atoms. The Kier molecular flexibility index (Phi) is 21.6. The zero-order chi connectivity index (χ0) is 51.6. The van der Waals surface area contributed by atoms with Crippen LogP contribution in [0, 0.1) is 5.82 Å². The number of anilines is 2. The van der Waals surface area contributed by atoms with Crippen molar-refractivity contribution < 1.29 is 103 Å². The fourth-order valence-electron chi connectivity index (χ4n) is 5.73. The average Bonchev–Trinajstić information content (AvgIpc) is 3.49. The molecule has 1 aromatic heterocycles. The van der Waals surface area contributed by atoms with E-state index in [1.54, 1.807) is 5.32 Å². The number of imide groups is 1. The summed E-state index contributed by atoms with van der Waals surface area (Å²) in [7, 11) is -8.81. The van der Waals surface area contributed by atoms with E-state index in [0.29, 0.717) is 36.7 Å². The molecular weight excluding hydrogens is 1010 g/mol. The molecule has 23 nitrogen and oxygen atoms in total. The first-order valence-electron chi connectivity index (χ1n) is 19.6. The normalized spacial score (nSPS) is 13.4. The molecule has 0 saturated heterocycles. The maximum absolute atomic E-state index is 14.5. The average molecular weight is 1050 g/mol. The molecule has 5 rings (SSSR count). The molecule has 4 amide bonds. The van der Waals surface area contributed by atoms with Gasteiger partial charge < -0.3 is 38.9 Å². The monoisotopic (exact) mass is 1050 g/mol. The maximum Gasteiger partial charge on any atom is 0.388 e. The molecule has 2 aromatic carbocycles. The Morgan fingerprint density at radius 1 is 0.913 bits per heavy atom. The highest BCUT2D eigenvalue weighted by Gasteiger charge is 2.41. The number of carbonyl (C=O) groups is 6. The number of aromatic nitrogens is 2. The van der Waals surface area contributed by atoms with Crippen LogP contribution in [-0.2, 0) is 38.5 Å². The van der Waals surface area contributed by atoms with Crippen molar-refractivity contribution in [2.75, 3.05) is 36.3 Å². The summed E-state index contributed by atoms with van der Waals surface area (Å²) in [6, 6.07) is 5.37. The Morgan fingerprint density at radius 3 is 2.01 bits per heavy atom. The minimum absolute atomic E-state index is 0.000883. The van der Waals surface area contributed by atoms with Gasteiger partial charge in [0, 0.05) is 17.2 Å². The number of benzene rings is 2. The minimum Gasteiger partial charge on any atom is -0.480 e. The number of carboxylic acids is 2. The molecule has 2 heterocycles. The van der Waals surface area contributed by atoms with Crippen molar-refractivity contribution in [3.63, 3.8) is 0 Å². The second kappa shape index (κ2) is 26.3. The third-order valence-corrected chi connectivity index (χ3v) is 10.9. The lowest BCUT2D eigenvalue weighted by molar-refractivity contribution is -0.146. The molecular formula is C38H41ClF5N6O17PS. The molecule has 0 fully saturated rings. The molecule has 0 atom stereocenters. The number of sulfonamides is 1. The Balaban J connectivity index is 0.000000306. The van der Waals surface area contributed by atoms with Crippen molar-refractivity contribution in [1.29, 1.82) is 0 Å².